The van der Waals surface area contributed by atoms with Crippen LogP contribution in [0.2, 0.25) is 0 Å². The highest BCUT2D eigenvalue weighted by Gasteiger charge is 2.45. The van der Waals surface area contributed by atoms with Gasteiger partial charge in [0.2, 0.25) is 0 Å². The molecule has 1 N–H and O–H groups in total. The predicted molar refractivity (Wildman–Crippen MR) is 67.6 cm³/mol. The maximum Gasteiger partial charge on any atom is 0.0312 e. The van der Waals surface area contributed by atoms with Gasteiger partial charge < -0.3 is 5.32 Å². The van der Waals surface area contributed by atoms with Crippen molar-refractivity contribution in [1.82, 2.24) is 10.2 Å². The second-order valence-electron chi connectivity index (χ2n) is 6.53. The van der Waals surface area contributed by atoms with Crippen molar-refractivity contribution >= 4 is 0 Å². The molecule has 0 amide bonds. The zero-order chi connectivity index (χ0) is 11.2. The summed E-state index contributed by atoms with van der Waals surface area (Å²) in [6.45, 7) is 7.50. The number of piperidine rings is 1. The van der Waals surface area contributed by atoms with Crippen LogP contribution in [-0.4, -0.2) is 35.6 Å². The Morgan fingerprint density at radius 3 is 2.56 bits per heavy atom. The number of nitrogens with one attached hydrogen (secondary N) is 1. The van der Waals surface area contributed by atoms with Crippen molar-refractivity contribution < 1.29 is 0 Å². The van der Waals surface area contributed by atoms with Gasteiger partial charge in [-0.15, -0.1) is 0 Å². The first kappa shape index (κ1) is 11.0. The van der Waals surface area contributed by atoms with E-state index in [-0.39, 0.29) is 0 Å². The van der Waals surface area contributed by atoms with Crippen LogP contribution < -0.4 is 5.32 Å². The summed E-state index contributed by atoms with van der Waals surface area (Å²) in [6.07, 6.45) is 8.55. The Kier molecular flexibility index (Phi) is 2.75. The molecule has 0 aromatic rings. The van der Waals surface area contributed by atoms with Gasteiger partial charge in [0.05, 0.1) is 0 Å². The second kappa shape index (κ2) is 3.99. The first-order valence-corrected chi connectivity index (χ1v) is 7.20. The SMILES string of the molecule is CC1CCCN(CC23CCC(CC2)N3)C1C. The first-order chi connectivity index (χ1) is 7.69. The molecule has 3 heterocycles. The maximum absolute atomic E-state index is 3.88. The molecule has 2 bridgehead atoms. The molecular weight excluding hydrogens is 196 g/mol. The number of fused-ring (bicyclic) bond motifs is 2. The fourth-order valence-corrected chi connectivity index (χ4v) is 4.13. The van der Waals surface area contributed by atoms with Crippen molar-refractivity contribution in [2.75, 3.05) is 13.1 Å². The third kappa shape index (κ3) is 1.80. The number of likely N-dealkylation sites (tertiary alicyclic amines) is 1. The lowest BCUT2D eigenvalue weighted by atomic mass is 9.85. The van der Waals surface area contributed by atoms with Crippen molar-refractivity contribution in [3.8, 4) is 0 Å². The number of hydrogen-bond donors (Lipinski definition) is 1. The van der Waals surface area contributed by atoms with Gasteiger partial charge in [-0.05, 0) is 57.9 Å². The van der Waals surface area contributed by atoms with Gasteiger partial charge in [-0.1, -0.05) is 6.92 Å². The van der Waals surface area contributed by atoms with Gasteiger partial charge >= 0.3 is 0 Å². The van der Waals surface area contributed by atoms with E-state index in [2.05, 4.69) is 24.1 Å². The van der Waals surface area contributed by atoms with E-state index in [1.807, 2.05) is 0 Å². The number of hydrogen-bond acceptors (Lipinski definition) is 2. The van der Waals surface area contributed by atoms with Crippen LogP contribution in [0.25, 0.3) is 0 Å². The smallest absolute Gasteiger partial charge is 0.0312 e. The van der Waals surface area contributed by atoms with Gasteiger partial charge in [-0.25, -0.2) is 0 Å². The van der Waals surface area contributed by atoms with E-state index in [1.165, 1.54) is 51.6 Å². The molecule has 3 rings (SSSR count). The Morgan fingerprint density at radius 2 is 1.94 bits per heavy atom. The van der Waals surface area contributed by atoms with Crippen LogP contribution in [0.15, 0.2) is 0 Å². The van der Waals surface area contributed by atoms with E-state index in [0.717, 1.165) is 18.0 Å². The molecule has 3 fully saturated rings. The minimum Gasteiger partial charge on any atom is -0.307 e. The summed E-state index contributed by atoms with van der Waals surface area (Å²) in [4.78, 5) is 2.76. The van der Waals surface area contributed by atoms with E-state index < -0.39 is 0 Å². The molecule has 3 aliphatic rings. The normalized spacial score (nSPS) is 48.8. The maximum atomic E-state index is 3.88. The van der Waals surface area contributed by atoms with E-state index in [1.54, 1.807) is 0 Å². The van der Waals surface area contributed by atoms with Gasteiger partial charge in [0, 0.05) is 24.2 Å². The average Bonchev–Trinajstić information content (AvgIpc) is 2.85. The van der Waals surface area contributed by atoms with Crippen LogP contribution in [0, 0.1) is 5.92 Å². The highest BCUT2D eigenvalue weighted by molar-refractivity contribution is 5.06. The summed E-state index contributed by atoms with van der Waals surface area (Å²) in [5, 5.41) is 3.88. The molecule has 3 aliphatic heterocycles. The quantitative estimate of drug-likeness (QED) is 0.772. The van der Waals surface area contributed by atoms with Gasteiger partial charge in [0.1, 0.15) is 0 Å². The fourth-order valence-electron chi connectivity index (χ4n) is 4.13. The van der Waals surface area contributed by atoms with Crippen LogP contribution in [0.4, 0.5) is 0 Å². The number of nitrogens with zero attached hydrogens (tertiary/aromatic N) is 1. The molecule has 92 valence electrons. The third-order valence-corrected chi connectivity index (χ3v) is 5.46. The third-order valence-electron chi connectivity index (χ3n) is 5.46. The van der Waals surface area contributed by atoms with Crippen LogP contribution in [0.1, 0.15) is 52.4 Å². The van der Waals surface area contributed by atoms with E-state index >= 15 is 0 Å². The molecule has 0 aromatic heterocycles. The largest absolute Gasteiger partial charge is 0.307 e. The molecule has 3 saturated heterocycles. The van der Waals surface area contributed by atoms with Crippen LogP contribution in [-0.2, 0) is 0 Å². The Bertz CT molecular complexity index is 255. The predicted octanol–water partition coefficient (Wildman–Crippen LogP) is 2.39. The molecule has 2 atom stereocenters. The molecule has 0 spiro atoms. The van der Waals surface area contributed by atoms with Crippen molar-refractivity contribution in [3.63, 3.8) is 0 Å². The molecule has 0 aromatic carbocycles. The van der Waals surface area contributed by atoms with Gasteiger partial charge in [0.15, 0.2) is 0 Å². The molecule has 0 radical (unpaired) electrons. The van der Waals surface area contributed by atoms with E-state index in [0.29, 0.717) is 5.54 Å². The molecule has 2 unspecified atom stereocenters. The van der Waals surface area contributed by atoms with E-state index in [9.17, 15) is 0 Å². The molecule has 0 saturated carbocycles. The van der Waals surface area contributed by atoms with Crippen molar-refractivity contribution in [2.24, 2.45) is 5.92 Å². The van der Waals surface area contributed by atoms with Gasteiger partial charge in [-0.2, -0.15) is 0 Å². The topological polar surface area (TPSA) is 15.3 Å². The van der Waals surface area contributed by atoms with Crippen molar-refractivity contribution in [2.45, 2.75) is 70.0 Å². The van der Waals surface area contributed by atoms with Crippen LogP contribution in [0.3, 0.4) is 0 Å². The minimum absolute atomic E-state index is 0.510. The second-order valence-corrected chi connectivity index (χ2v) is 6.53. The molecule has 2 nitrogen and oxygen atoms in total. The van der Waals surface area contributed by atoms with Crippen LogP contribution >= 0.6 is 0 Å². The fraction of sp³-hybridized carbons (Fsp3) is 1.00. The lowest BCUT2D eigenvalue weighted by Gasteiger charge is -2.42. The zero-order valence-electron chi connectivity index (χ0n) is 10.8. The van der Waals surface area contributed by atoms with Gasteiger partial charge in [0.25, 0.3) is 0 Å². The summed E-state index contributed by atoms with van der Waals surface area (Å²) in [5.41, 5.74) is 0.510. The number of rotatable bonds is 2. The highest BCUT2D eigenvalue weighted by atomic mass is 15.2. The summed E-state index contributed by atoms with van der Waals surface area (Å²) >= 11 is 0. The Morgan fingerprint density at radius 1 is 1.19 bits per heavy atom. The van der Waals surface area contributed by atoms with Gasteiger partial charge in [-0.3, -0.25) is 4.90 Å². The molecule has 0 aliphatic carbocycles. The lowest BCUT2D eigenvalue weighted by molar-refractivity contribution is 0.0825. The molecular formula is C14H26N2. The summed E-state index contributed by atoms with van der Waals surface area (Å²) in [6, 6.07) is 1.65. The molecule has 16 heavy (non-hydrogen) atoms. The standard InChI is InChI=1S/C14H26N2/c1-11-4-3-9-16(12(11)2)10-14-7-5-13(15-14)6-8-14/h11-13,15H,3-10H2,1-2H3. The molecule has 2 heteroatoms. The van der Waals surface area contributed by atoms with Crippen LogP contribution in [0.5, 0.6) is 0 Å². The Balaban J connectivity index is 1.65. The summed E-state index contributed by atoms with van der Waals surface area (Å²) in [5.74, 6) is 0.892. The highest BCUT2D eigenvalue weighted by Crippen LogP contribution is 2.39. The summed E-state index contributed by atoms with van der Waals surface area (Å²) in [7, 11) is 0. The van der Waals surface area contributed by atoms with E-state index in [4.69, 9.17) is 0 Å². The minimum atomic E-state index is 0.510. The lowest BCUT2D eigenvalue weighted by Crippen LogP contribution is -2.53. The van der Waals surface area contributed by atoms with Crippen molar-refractivity contribution in [3.05, 3.63) is 0 Å². The Labute approximate surface area is 99.8 Å². The summed E-state index contributed by atoms with van der Waals surface area (Å²) < 4.78 is 0. The van der Waals surface area contributed by atoms with Crippen molar-refractivity contribution in [1.29, 1.82) is 0 Å². The Hall–Kier alpha value is -0.0800. The first-order valence-electron chi connectivity index (χ1n) is 7.20. The average molecular weight is 222 g/mol. The zero-order valence-corrected chi connectivity index (χ0v) is 10.8. The monoisotopic (exact) mass is 222 g/mol.